The first-order valence-electron chi connectivity index (χ1n) is 8.83. The molecule has 0 spiro atoms. The summed E-state index contributed by atoms with van der Waals surface area (Å²) in [5.41, 5.74) is 0. The minimum atomic E-state index is -0.935. The summed E-state index contributed by atoms with van der Waals surface area (Å²) >= 11 is 0. The Kier molecular flexibility index (Phi) is 9.54. The minimum absolute atomic E-state index is 0.627. The number of hydrogen-bond donors (Lipinski definition) is 0. The highest BCUT2D eigenvalue weighted by atomic mass is 32.1. The Bertz CT molecular complexity index is 499. The quantitative estimate of drug-likeness (QED) is 0.362. The van der Waals surface area contributed by atoms with Crippen molar-refractivity contribution in [3.8, 4) is 0 Å². The predicted molar refractivity (Wildman–Crippen MR) is 108 cm³/mol. The van der Waals surface area contributed by atoms with Gasteiger partial charge in [0.05, 0.1) is 13.2 Å². The van der Waals surface area contributed by atoms with E-state index in [1.165, 1.54) is 10.6 Å². The molecule has 0 amide bonds. The van der Waals surface area contributed by atoms with Gasteiger partial charge in [-0.05, 0) is 23.5 Å². The standard InChI is InChI=1S/C20H28O2P2/c1-3-5-17-21-24(22-18-6-4-2)23(19-13-9-7-10-14-19)20-15-11-8-12-16-20/h7-16H,3-6,17-18H2,1-2H3. The second kappa shape index (κ2) is 11.7. The number of rotatable bonds is 11. The molecule has 2 aromatic carbocycles. The Morgan fingerprint density at radius 2 is 1.08 bits per heavy atom. The van der Waals surface area contributed by atoms with E-state index >= 15 is 0 Å². The first-order chi connectivity index (χ1) is 11.9. The highest BCUT2D eigenvalue weighted by molar-refractivity contribution is 8.32. The van der Waals surface area contributed by atoms with Crippen LogP contribution in [0.3, 0.4) is 0 Å². The van der Waals surface area contributed by atoms with Crippen molar-refractivity contribution in [3.63, 3.8) is 0 Å². The molecule has 0 heterocycles. The van der Waals surface area contributed by atoms with Gasteiger partial charge in [-0.15, -0.1) is 0 Å². The molecular formula is C20H28O2P2. The Morgan fingerprint density at radius 1 is 0.667 bits per heavy atom. The zero-order chi connectivity index (χ0) is 17.0. The maximum atomic E-state index is 6.27. The molecule has 0 saturated carbocycles. The fourth-order valence-corrected chi connectivity index (χ4v) is 7.78. The summed E-state index contributed by atoms with van der Waals surface area (Å²) in [7, 11) is -1.56. The molecule has 4 heteroatoms. The van der Waals surface area contributed by atoms with Crippen molar-refractivity contribution in [2.75, 3.05) is 13.2 Å². The van der Waals surface area contributed by atoms with Gasteiger partial charge in [0.15, 0.2) is 0 Å². The fourth-order valence-electron chi connectivity index (χ4n) is 2.20. The van der Waals surface area contributed by atoms with E-state index in [0.717, 1.165) is 38.9 Å². The van der Waals surface area contributed by atoms with E-state index in [2.05, 4.69) is 74.5 Å². The number of hydrogen-bond acceptors (Lipinski definition) is 2. The van der Waals surface area contributed by atoms with Gasteiger partial charge in [-0.3, -0.25) is 0 Å². The normalized spacial score (nSPS) is 11.3. The van der Waals surface area contributed by atoms with Crippen LogP contribution in [0, 0.1) is 0 Å². The minimum Gasteiger partial charge on any atom is -0.330 e. The fraction of sp³-hybridized carbons (Fsp3) is 0.400. The zero-order valence-corrected chi connectivity index (χ0v) is 16.5. The Morgan fingerprint density at radius 3 is 1.46 bits per heavy atom. The summed E-state index contributed by atoms with van der Waals surface area (Å²) in [6, 6.07) is 21.4. The molecule has 0 aromatic heterocycles. The lowest BCUT2D eigenvalue weighted by molar-refractivity contribution is 0.255. The lowest BCUT2D eigenvalue weighted by Gasteiger charge is -2.27. The molecule has 2 aromatic rings. The first-order valence-corrected chi connectivity index (χ1v) is 12.1. The summed E-state index contributed by atoms with van der Waals surface area (Å²) in [5, 5.41) is 2.66. The van der Waals surface area contributed by atoms with Gasteiger partial charge in [0, 0.05) is 7.61 Å². The van der Waals surface area contributed by atoms with Crippen LogP contribution in [-0.2, 0) is 9.05 Å². The molecule has 0 saturated heterocycles. The number of benzene rings is 2. The molecule has 130 valence electrons. The molecule has 0 bridgehead atoms. The Balaban J connectivity index is 2.25. The van der Waals surface area contributed by atoms with Crippen LogP contribution in [0.1, 0.15) is 39.5 Å². The zero-order valence-electron chi connectivity index (χ0n) is 14.7. The van der Waals surface area contributed by atoms with Crippen LogP contribution in [0.25, 0.3) is 0 Å². The summed E-state index contributed by atoms with van der Waals surface area (Å²) in [6.07, 6.45) is 4.46. The van der Waals surface area contributed by atoms with Crippen LogP contribution in [0.4, 0.5) is 0 Å². The predicted octanol–water partition coefficient (Wildman–Crippen LogP) is 5.98. The lowest BCUT2D eigenvalue weighted by atomic mass is 10.4. The maximum Gasteiger partial charge on any atom is 0.204 e. The van der Waals surface area contributed by atoms with Gasteiger partial charge in [-0.2, -0.15) is 0 Å². The molecule has 0 N–H and O–H groups in total. The largest absolute Gasteiger partial charge is 0.330 e. The van der Waals surface area contributed by atoms with Crippen LogP contribution in [0.5, 0.6) is 0 Å². The third kappa shape index (κ3) is 6.26. The second-order valence-electron chi connectivity index (χ2n) is 5.59. The van der Waals surface area contributed by atoms with Crippen LogP contribution in [0.15, 0.2) is 60.7 Å². The van der Waals surface area contributed by atoms with Gasteiger partial charge < -0.3 is 9.05 Å². The van der Waals surface area contributed by atoms with Gasteiger partial charge in [-0.25, -0.2) is 0 Å². The van der Waals surface area contributed by atoms with E-state index in [4.69, 9.17) is 9.05 Å². The molecule has 0 fully saturated rings. The average Bonchev–Trinajstić information content (AvgIpc) is 2.64. The molecule has 0 radical (unpaired) electrons. The van der Waals surface area contributed by atoms with Crippen molar-refractivity contribution in [2.45, 2.75) is 39.5 Å². The van der Waals surface area contributed by atoms with Crippen molar-refractivity contribution in [3.05, 3.63) is 60.7 Å². The monoisotopic (exact) mass is 362 g/mol. The first kappa shape index (κ1) is 19.5. The van der Waals surface area contributed by atoms with E-state index in [9.17, 15) is 0 Å². The van der Waals surface area contributed by atoms with Crippen molar-refractivity contribution in [2.24, 2.45) is 0 Å². The summed E-state index contributed by atoms with van der Waals surface area (Å²) in [4.78, 5) is 0. The van der Waals surface area contributed by atoms with Crippen LogP contribution in [-0.4, -0.2) is 13.2 Å². The van der Waals surface area contributed by atoms with E-state index in [-0.39, 0.29) is 0 Å². The third-order valence-corrected chi connectivity index (χ3v) is 9.33. The molecule has 2 rings (SSSR count). The van der Waals surface area contributed by atoms with E-state index in [0.29, 0.717) is 0 Å². The average molecular weight is 362 g/mol. The van der Waals surface area contributed by atoms with Gasteiger partial charge in [-0.1, -0.05) is 87.4 Å². The Labute approximate surface area is 149 Å². The van der Waals surface area contributed by atoms with E-state index in [1.807, 2.05) is 0 Å². The molecule has 0 unspecified atom stereocenters. The van der Waals surface area contributed by atoms with Crippen LogP contribution < -0.4 is 10.6 Å². The van der Waals surface area contributed by atoms with Crippen molar-refractivity contribution in [1.29, 1.82) is 0 Å². The maximum absolute atomic E-state index is 6.27. The summed E-state index contributed by atoms with van der Waals surface area (Å²) in [6.45, 7) is 5.96. The molecule has 0 aliphatic carbocycles. The molecule has 0 aliphatic rings. The summed E-state index contributed by atoms with van der Waals surface area (Å²) in [5.74, 6) is 0. The Hall–Kier alpha value is -0.780. The molecular weight excluding hydrogens is 334 g/mol. The van der Waals surface area contributed by atoms with Crippen LogP contribution in [0.2, 0.25) is 0 Å². The lowest BCUT2D eigenvalue weighted by Crippen LogP contribution is -2.12. The third-order valence-electron chi connectivity index (χ3n) is 3.56. The van der Waals surface area contributed by atoms with Gasteiger partial charge in [0.2, 0.25) is 8.06 Å². The van der Waals surface area contributed by atoms with Crippen molar-refractivity contribution in [1.82, 2.24) is 0 Å². The molecule has 24 heavy (non-hydrogen) atoms. The van der Waals surface area contributed by atoms with E-state index in [1.54, 1.807) is 0 Å². The number of unbranched alkanes of at least 4 members (excludes halogenated alkanes) is 2. The van der Waals surface area contributed by atoms with Crippen LogP contribution >= 0.6 is 15.7 Å². The van der Waals surface area contributed by atoms with Crippen molar-refractivity contribution >= 4 is 26.3 Å². The van der Waals surface area contributed by atoms with E-state index < -0.39 is 15.7 Å². The van der Waals surface area contributed by atoms with Gasteiger partial charge >= 0.3 is 0 Å². The second-order valence-corrected chi connectivity index (χ2v) is 10.4. The molecule has 2 nitrogen and oxygen atoms in total. The molecule has 0 aliphatic heterocycles. The summed E-state index contributed by atoms with van der Waals surface area (Å²) < 4.78 is 12.5. The van der Waals surface area contributed by atoms with Gasteiger partial charge in [0.25, 0.3) is 0 Å². The van der Waals surface area contributed by atoms with Gasteiger partial charge in [0.1, 0.15) is 0 Å². The smallest absolute Gasteiger partial charge is 0.204 e. The highest BCUT2D eigenvalue weighted by Crippen LogP contribution is 2.68. The molecule has 0 atom stereocenters. The highest BCUT2D eigenvalue weighted by Gasteiger charge is 2.27. The topological polar surface area (TPSA) is 18.5 Å². The SMILES string of the molecule is CCCCOP(OCCCC)P(c1ccccc1)c1ccccc1. The van der Waals surface area contributed by atoms with Crippen molar-refractivity contribution < 1.29 is 9.05 Å².